The van der Waals surface area contributed by atoms with Crippen LogP contribution in [-0.4, -0.2) is 43.8 Å². The Bertz CT molecular complexity index is 826. The molecule has 2 N–H and O–H groups in total. The van der Waals surface area contributed by atoms with Crippen molar-refractivity contribution in [1.29, 1.82) is 0 Å². The monoisotopic (exact) mass is 419 g/mol. The van der Waals surface area contributed by atoms with Crippen molar-refractivity contribution in [3.8, 4) is 0 Å². The number of esters is 1. The van der Waals surface area contributed by atoms with E-state index in [4.69, 9.17) is 13.9 Å². The Balaban J connectivity index is 1.93. The SMILES string of the molecule is CCOC(=O)[C@]12[C@H](O[C@@]3(O[Si](C)(C)C)CCC[C@H]31)C(=O)N[C@]2(O)c1ccccc1. The van der Waals surface area contributed by atoms with Gasteiger partial charge in [-0.3, -0.25) is 9.59 Å². The number of ether oxygens (including phenoxy) is 2. The summed E-state index contributed by atoms with van der Waals surface area (Å²) < 4.78 is 18.3. The van der Waals surface area contributed by atoms with Gasteiger partial charge in [-0.15, -0.1) is 0 Å². The van der Waals surface area contributed by atoms with Crippen LogP contribution in [0.3, 0.4) is 0 Å². The molecule has 0 bridgehead atoms. The first-order valence-electron chi connectivity index (χ1n) is 10.3. The Morgan fingerprint density at radius 3 is 2.62 bits per heavy atom. The third-order valence-electron chi connectivity index (χ3n) is 6.25. The molecule has 8 heteroatoms. The zero-order valence-electron chi connectivity index (χ0n) is 17.4. The highest BCUT2D eigenvalue weighted by molar-refractivity contribution is 6.69. The number of hydrogen-bond donors (Lipinski definition) is 2. The van der Waals surface area contributed by atoms with Crippen molar-refractivity contribution < 1.29 is 28.6 Å². The zero-order valence-corrected chi connectivity index (χ0v) is 18.4. The number of nitrogens with one attached hydrogen (secondary N) is 1. The van der Waals surface area contributed by atoms with E-state index in [1.165, 1.54) is 0 Å². The van der Waals surface area contributed by atoms with Gasteiger partial charge in [0.25, 0.3) is 5.91 Å². The van der Waals surface area contributed by atoms with E-state index >= 15 is 0 Å². The number of hydrogen-bond acceptors (Lipinski definition) is 6. The van der Waals surface area contributed by atoms with Gasteiger partial charge in [-0.2, -0.15) is 0 Å². The minimum atomic E-state index is -2.09. The Kier molecular flexibility index (Phi) is 4.69. The summed E-state index contributed by atoms with van der Waals surface area (Å²) in [5, 5.41) is 14.6. The Morgan fingerprint density at radius 1 is 1.31 bits per heavy atom. The normalized spacial score (nSPS) is 38.4. The molecule has 1 aliphatic carbocycles. The summed E-state index contributed by atoms with van der Waals surface area (Å²) in [6.45, 7) is 8.01. The fraction of sp³-hybridized carbons (Fsp3) is 0.619. The molecule has 7 nitrogen and oxygen atoms in total. The minimum Gasteiger partial charge on any atom is -0.465 e. The van der Waals surface area contributed by atoms with Crippen LogP contribution < -0.4 is 5.32 Å². The second-order valence-electron chi connectivity index (χ2n) is 9.12. The third kappa shape index (κ3) is 2.73. The van der Waals surface area contributed by atoms with Crippen LogP contribution in [-0.2, 0) is 29.2 Å². The Morgan fingerprint density at radius 2 is 2.00 bits per heavy atom. The van der Waals surface area contributed by atoms with Crippen LogP contribution in [0.1, 0.15) is 31.7 Å². The van der Waals surface area contributed by atoms with Crippen molar-refractivity contribution in [1.82, 2.24) is 5.32 Å². The second-order valence-corrected chi connectivity index (χ2v) is 13.6. The summed E-state index contributed by atoms with van der Waals surface area (Å²) in [6.07, 6.45) is 0.789. The van der Waals surface area contributed by atoms with Crippen molar-refractivity contribution in [3.63, 3.8) is 0 Å². The number of amides is 1. The van der Waals surface area contributed by atoms with Gasteiger partial charge in [0.15, 0.2) is 31.3 Å². The predicted octanol–water partition coefficient (Wildman–Crippen LogP) is 2.26. The van der Waals surface area contributed by atoms with Gasteiger partial charge in [0.05, 0.1) is 6.61 Å². The molecule has 5 atom stereocenters. The molecule has 3 fully saturated rings. The van der Waals surface area contributed by atoms with Gasteiger partial charge in [0.2, 0.25) is 0 Å². The maximum atomic E-state index is 13.5. The van der Waals surface area contributed by atoms with E-state index in [-0.39, 0.29) is 6.61 Å². The third-order valence-corrected chi connectivity index (χ3v) is 7.21. The second kappa shape index (κ2) is 6.63. The molecular formula is C21H29NO6Si. The highest BCUT2D eigenvalue weighted by Crippen LogP contribution is 2.66. The first kappa shape index (κ1) is 20.5. The molecule has 29 heavy (non-hydrogen) atoms. The quantitative estimate of drug-likeness (QED) is 0.562. The summed E-state index contributed by atoms with van der Waals surface area (Å²) in [4.78, 5) is 26.6. The zero-order chi connectivity index (χ0) is 21.1. The number of aliphatic hydroxyl groups is 1. The smallest absolute Gasteiger partial charge is 0.321 e. The lowest BCUT2D eigenvalue weighted by atomic mass is 9.64. The van der Waals surface area contributed by atoms with Crippen LogP contribution in [0.15, 0.2) is 30.3 Å². The molecule has 0 aromatic heterocycles. The van der Waals surface area contributed by atoms with Crippen molar-refractivity contribution in [3.05, 3.63) is 35.9 Å². The summed E-state index contributed by atoms with van der Waals surface area (Å²) in [5.41, 5.74) is -3.12. The largest absolute Gasteiger partial charge is 0.465 e. The number of carbonyl (C=O) groups is 2. The van der Waals surface area contributed by atoms with E-state index in [1.807, 2.05) is 6.07 Å². The Labute approximate surface area is 171 Å². The molecule has 1 amide bonds. The topological polar surface area (TPSA) is 94.1 Å². The molecule has 1 aromatic rings. The highest BCUT2D eigenvalue weighted by atomic mass is 28.4. The van der Waals surface area contributed by atoms with Gasteiger partial charge in [0, 0.05) is 17.9 Å². The average Bonchev–Trinajstić information content (AvgIpc) is 3.21. The van der Waals surface area contributed by atoms with Gasteiger partial charge in [-0.05, 0) is 39.4 Å². The average molecular weight is 420 g/mol. The van der Waals surface area contributed by atoms with Crippen molar-refractivity contribution in [2.24, 2.45) is 11.3 Å². The van der Waals surface area contributed by atoms with Gasteiger partial charge >= 0.3 is 5.97 Å². The number of benzene rings is 1. The molecule has 2 aliphatic heterocycles. The predicted molar refractivity (Wildman–Crippen MR) is 107 cm³/mol. The van der Waals surface area contributed by atoms with E-state index in [9.17, 15) is 14.7 Å². The van der Waals surface area contributed by atoms with Gasteiger partial charge in [0.1, 0.15) is 0 Å². The lowest BCUT2D eigenvalue weighted by Gasteiger charge is -2.44. The van der Waals surface area contributed by atoms with E-state index in [2.05, 4.69) is 25.0 Å². The first-order chi connectivity index (χ1) is 13.6. The van der Waals surface area contributed by atoms with E-state index in [0.29, 0.717) is 18.4 Å². The first-order valence-corrected chi connectivity index (χ1v) is 13.7. The van der Waals surface area contributed by atoms with Crippen LogP contribution in [0.5, 0.6) is 0 Å². The molecule has 158 valence electrons. The fourth-order valence-corrected chi connectivity index (χ4v) is 6.82. The molecule has 1 aromatic carbocycles. The van der Waals surface area contributed by atoms with Gasteiger partial charge in [-0.25, -0.2) is 0 Å². The highest BCUT2D eigenvalue weighted by Gasteiger charge is 2.83. The molecule has 0 unspecified atom stereocenters. The van der Waals surface area contributed by atoms with Crippen molar-refractivity contribution in [2.75, 3.05) is 6.61 Å². The van der Waals surface area contributed by atoms with Crippen molar-refractivity contribution in [2.45, 2.75) is 63.4 Å². The summed E-state index contributed by atoms with van der Waals surface area (Å²) in [6, 6.07) is 8.76. The molecule has 3 aliphatic rings. The van der Waals surface area contributed by atoms with Crippen LogP contribution in [0.4, 0.5) is 0 Å². The van der Waals surface area contributed by atoms with E-state index in [0.717, 1.165) is 6.42 Å². The number of fused-ring (bicyclic) bond motifs is 3. The van der Waals surface area contributed by atoms with Gasteiger partial charge < -0.3 is 24.3 Å². The molecule has 0 radical (unpaired) electrons. The summed E-state index contributed by atoms with van der Waals surface area (Å²) in [5.74, 6) is -2.71. The molecule has 2 saturated heterocycles. The summed E-state index contributed by atoms with van der Waals surface area (Å²) >= 11 is 0. The van der Waals surface area contributed by atoms with Gasteiger partial charge in [-0.1, -0.05) is 30.3 Å². The van der Waals surface area contributed by atoms with E-state index in [1.54, 1.807) is 31.2 Å². The number of carbonyl (C=O) groups excluding carboxylic acids is 2. The lowest BCUT2D eigenvalue weighted by molar-refractivity contribution is -0.196. The molecular weight excluding hydrogens is 390 g/mol. The lowest BCUT2D eigenvalue weighted by Crippen LogP contribution is -2.60. The molecule has 4 rings (SSSR count). The summed E-state index contributed by atoms with van der Waals surface area (Å²) in [7, 11) is -2.09. The standard InChI is InChI=1S/C21H29NO6Si/c1-5-26-18(24)20-15-12-9-13-19(15,28-29(2,3)4)27-16(20)17(23)22-21(20,25)14-10-7-6-8-11-14/h6-8,10-11,15-16,25H,5,9,12-13H2,1-4H3,(H,22,23)/t15-,16-,19-,20-,21+/m1/s1. The Hall–Kier alpha value is -1.74. The molecule has 1 saturated carbocycles. The maximum absolute atomic E-state index is 13.5. The van der Waals surface area contributed by atoms with Crippen molar-refractivity contribution >= 4 is 20.2 Å². The minimum absolute atomic E-state index is 0.140. The van der Waals surface area contributed by atoms with E-state index < -0.39 is 49.1 Å². The van der Waals surface area contributed by atoms with Crippen LogP contribution in [0, 0.1) is 11.3 Å². The number of rotatable bonds is 5. The van der Waals surface area contributed by atoms with Crippen LogP contribution in [0.25, 0.3) is 0 Å². The maximum Gasteiger partial charge on any atom is 0.321 e. The van der Waals surface area contributed by atoms with Crippen LogP contribution in [0.2, 0.25) is 19.6 Å². The van der Waals surface area contributed by atoms with Crippen LogP contribution >= 0.6 is 0 Å². The fourth-order valence-electron chi connectivity index (χ4n) is 5.49. The molecule has 0 spiro atoms. The molecule has 2 heterocycles.